The predicted octanol–water partition coefficient (Wildman–Crippen LogP) is 5.94. The minimum absolute atomic E-state index is 0.410. The van der Waals surface area contributed by atoms with E-state index in [0.717, 1.165) is 38.6 Å². The minimum atomic E-state index is 0.410. The van der Waals surface area contributed by atoms with Crippen LogP contribution in [0, 0.1) is 0 Å². The first-order valence-electron chi connectivity index (χ1n) is 9.43. The fraction of sp³-hybridized carbons (Fsp3) is 0. The van der Waals surface area contributed by atoms with Gasteiger partial charge in [0.15, 0.2) is 0 Å². The lowest BCUT2D eigenvalue weighted by atomic mass is 10.1. The van der Waals surface area contributed by atoms with E-state index in [9.17, 15) is 0 Å². The molecule has 144 valence electrons. The highest BCUT2D eigenvalue weighted by molar-refractivity contribution is 6.31. The largest absolute Gasteiger partial charge is 0.256 e. The van der Waals surface area contributed by atoms with Crippen LogP contribution in [-0.4, -0.2) is 21.2 Å². The molecule has 0 radical (unpaired) electrons. The molecule has 1 N–H and O–H groups in total. The van der Waals surface area contributed by atoms with E-state index in [-0.39, 0.29) is 0 Å². The van der Waals surface area contributed by atoms with Gasteiger partial charge in [-0.05, 0) is 24.3 Å². The molecule has 0 saturated carbocycles. The van der Waals surface area contributed by atoms with Gasteiger partial charge in [0.25, 0.3) is 0 Å². The average molecular weight is 410 g/mol. The standard InChI is InChI=1S/C24H16ClN5/c25-19-11-12-21-20(14-19)23(17-6-2-1-3-7-17)29-24(28-21)30-27-15-18-9-4-8-16-10-5-13-26-22(16)18/h1-15H,(H,28,29,30)/b27-15-. The molecule has 0 unspecified atom stereocenters. The summed E-state index contributed by atoms with van der Waals surface area (Å²) in [5, 5.41) is 6.95. The topological polar surface area (TPSA) is 63.1 Å². The number of hydrazone groups is 1. The molecule has 2 heterocycles. The summed E-state index contributed by atoms with van der Waals surface area (Å²) in [5.41, 5.74) is 7.34. The average Bonchev–Trinajstić information content (AvgIpc) is 2.79. The van der Waals surface area contributed by atoms with Gasteiger partial charge in [0.1, 0.15) is 0 Å². The molecule has 0 aliphatic heterocycles. The number of pyridine rings is 1. The maximum absolute atomic E-state index is 6.22. The number of aromatic nitrogens is 3. The molecule has 2 aromatic heterocycles. The van der Waals surface area contributed by atoms with E-state index in [1.165, 1.54) is 0 Å². The Balaban J connectivity index is 1.53. The van der Waals surface area contributed by atoms with Crippen LogP contribution in [0.5, 0.6) is 0 Å². The number of fused-ring (bicyclic) bond motifs is 2. The van der Waals surface area contributed by atoms with Gasteiger partial charge in [-0.2, -0.15) is 5.10 Å². The molecule has 5 aromatic rings. The molecule has 0 fully saturated rings. The molecular weight excluding hydrogens is 394 g/mol. The molecule has 0 saturated heterocycles. The Labute approximate surface area is 178 Å². The number of anilines is 1. The molecule has 0 aliphatic rings. The lowest BCUT2D eigenvalue weighted by Gasteiger charge is -2.09. The molecule has 0 spiro atoms. The van der Waals surface area contributed by atoms with Gasteiger partial charge in [0, 0.05) is 33.1 Å². The highest BCUT2D eigenvalue weighted by Crippen LogP contribution is 2.29. The Morgan fingerprint density at radius 3 is 2.63 bits per heavy atom. The summed E-state index contributed by atoms with van der Waals surface area (Å²) in [6.45, 7) is 0. The van der Waals surface area contributed by atoms with Crippen LogP contribution in [0.15, 0.2) is 90.2 Å². The third-order valence-electron chi connectivity index (χ3n) is 4.74. The predicted molar refractivity (Wildman–Crippen MR) is 123 cm³/mol. The Hall–Kier alpha value is -3.83. The van der Waals surface area contributed by atoms with Gasteiger partial charge in [-0.3, -0.25) is 4.98 Å². The normalized spacial score (nSPS) is 11.4. The molecule has 5 nitrogen and oxygen atoms in total. The molecule has 0 aliphatic carbocycles. The maximum Gasteiger partial charge on any atom is 0.244 e. The van der Waals surface area contributed by atoms with E-state index in [1.807, 2.05) is 78.9 Å². The zero-order valence-electron chi connectivity index (χ0n) is 15.8. The second-order valence-electron chi connectivity index (χ2n) is 6.72. The van der Waals surface area contributed by atoms with Crippen molar-refractivity contribution in [3.05, 3.63) is 95.6 Å². The van der Waals surface area contributed by atoms with Crippen LogP contribution in [-0.2, 0) is 0 Å². The van der Waals surface area contributed by atoms with E-state index in [2.05, 4.69) is 20.5 Å². The van der Waals surface area contributed by atoms with Crippen LogP contribution in [0.3, 0.4) is 0 Å². The third-order valence-corrected chi connectivity index (χ3v) is 4.97. The Morgan fingerprint density at radius 2 is 1.73 bits per heavy atom. The fourth-order valence-electron chi connectivity index (χ4n) is 3.36. The number of rotatable bonds is 4. The highest BCUT2D eigenvalue weighted by Gasteiger charge is 2.10. The first kappa shape index (κ1) is 18.2. The van der Waals surface area contributed by atoms with Crippen molar-refractivity contribution >= 4 is 45.6 Å². The maximum atomic E-state index is 6.22. The van der Waals surface area contributed by atoms with Crippen molar-refractivity contribution in [2.24, 2.45) is 5.10 Å². The van der Waals surface area contributed by atoms with Gasteiger partial charge in [0.05, 0.1) is 22.9 Å². The van der Waals surface area contributed by atoms with Crippen LogP contribution >= 0.6 is 11.6 Å². The Bertz CT molecular complexity index is 1380. The summed E-state index contributed by atoms with van der Waals surface area (Å²) in [6, 6.07) is 25.5. The van der Waals surface area contributed by atoms with Crippen LogP contribution in [0.4, 0.5) is 5.95 Å². The van der Waals surface area contributed by atoms with E-state index < -0.39 is 0 Å². The van der Waals surface area contributed by atoms with Crippen molar-refractivity contribution < 1.29 is 0 Å². The smallest absolute Gasteiger partial charge is 0.244 e. The first-order chi connectivity index (χ1) is 14.8. The molecule has 6 heteroatoms. The quantitative estimate of drug-likeness (QED) is 0.294. The molecule has 30 heavy (non-hydrogen) atoms. The molecular formula is C24H16ClN5. The lowest BCUT2D eigenvalue weighted by molar-refractivity contribution is 1.16. The molecule has 3 aromatic carbocycles. The summed E-state index contributed by atoms with van der Waals surface area (Å²) in [6.07, 6.45) is 3.50. The Kier molecular flexibility index (Phi) is 4.79. The van der Waals surface area contributed by atoms with Crippen LogP contribution in [0.25, 0.3) is 33.1 Å². The van der Waals surface area contributed by atoms with Crippen LogP contribution in [0.2, 0.25) is 5.02 Å². The zero-order valence-corrected chi connectivity index (χ0v) is 16.6. The SMILES string of the molecule is Clc1ccc2nc(N/N=C\c3cccc4cccnc34)nc(-c3ccccc3)c2c1. The number of para-hydroxylation sites is 1. The number of halogens is 1. The number of hydrogen-bond donors (Lipinski definition) is 1. The van der Waals surface area contributed by atoms with E-state index in [4.69, 9.17) is 16.6 Å². The Morgan fingerprint density at radius 1 is 0.867 bits per heavy atom. The summed E-state index contributed by atoms with van der Waals surface area (Å²) >= 11 is 6.22. The summed E-state index contributed by atoms with van der Waals surface area (Å²) in [5.74, 6) is 0.410. The van der Waals surface area contributed by atoms with Gasteiger partial charge in [-0.1, -0.05) is 66.2 Å². The zero-order chi connectivity index (χ0) is 20.3. The van der Waals surface area contributed by atoms with E-state index in [1.54, 1.807) is 12.4 Å². The van der Waals surface area contributed by atoms with E-state index in [0.29, 0.717) is 11.0 Å². The van der Waals surface area contributed by atoms with E-state index >= 15 is 0 Å². The number of nitrogens with zero attached hydrogens (tertiary/aromatic N) is 4. The minimum Gasteiger partial charge on any atom is -0.256 e. The summed E-state index contributed by atoms with van der Waals surface area (Å²) in [7, 11) is 0. The summed E-state index contributed by atoms with van der Waals surface area (Å²) in [4.78, 5) is 13.7. The van der Waals surface area contributed by atoms with Crippen LogP contribution in [0.1, 0.15) is 5.56 Å². The van der Waals surface area contributed by atoms with Crippen molar-refractivity contribution in [2.75, 3.05) is 5.43 Å². The third kappa shape index (κ3) is 3.58. The van der Waals surface area contributed by atoms with Gasteiger partial charge >= 0.3 is 0 Å². The van der Waals surface area contributed by atoms with Crippen molar-refractivity contribution in [1.82, 2.24) is 15.0 Å². The molecule has 0 atom stereocenters. The molecule has 0 bridgehead atoms. The number of benzene rings is 3. The summed E-state index contributed by atoms with van der Waals surface area (Å²) < 4.78 is 0. The van der Waals surface area contributed by atoms with Gasteiger partial charge in [-0.15, -0.1) is 0 Å². The first-order valence-corrected chi connectivity index (χ1v) is 9.81. The van der Waals surface area contributed by atoms with Crippen molar-refractivity contribution in [3.8, 4) is 11.3 Å². The van der Waals surface area contributed by atoms with Gasteiger partial charge in [-0.25, -0.2) is 15.4 Å². The van der Waals surface area contributed by atoms with Gasteiger partial charge in [0.2, 0.25) is 5.95 Å². The van der Waals surface area contributed by atoms with Crippen molar-refractivity contribution in [2.45, 2.75) is 0 Å². The number of nitrogens with one attached hydrogen (secondary N) is 1. The lowest BCUT2D eigenvalue weighted by Crippen LogP contribution is -2.00. The second-order valence-corrected chi connectivity index (χ2v) is 7.15. The van der Waals surface area contributed by atoms with Crippen LogP contribution < -0.4 is 5.43 Å². The second kappa shape index (κ2) is 7.89. The monoisotopic (exact) mass is 409 g/mol. The highest BCUT2D eigenvalue weighted by atomic mass is 35.5. The fourth-order valence-corrected chi connectivity index (χ4v) is 3.53. The number of hydrogen-bond acceptors (Lipinski definition) is 5. The van der Waals surface area contributed by atoms with Gasteiger partial charge < -0.3 is 0 Å². The van der Waals surface area contributed by atoms with Crippen molar-refractivity contribution in [3.63, 3.8) is 0 Å². The van der Waals surface area contributed by atoms with Crippen molar-refractivity contribution in [1.29, 1.82) is 0 Å². The molecule has 5 rings (SSSR count). The molecule has 0 amide bonds.